The Hall–Kier alpha value is -1.42. The van der Waals surface area contributed by atoms with E-state index >= 15 is 0 Å². The summed E-state index contributed by atoms with van der Waals surface area (Å²) in [5.74, 6) is -0.365. The monoisotopic (exact) mass is 238 g/mol. The van der Waals surface area contributed by atoms with Crippen LogP contribution in [0.5, 0.6) is 0 Å². The Labute approximate surface area is 102 Å². The third kappa shape index (κ3) is 3.82. The second kappa shape index (κ2) is 6.35. The number of nitrogens with one attached hydrogen (secondary N) is 1. The molecule has 0 spiro atoms. The molecule has 0 heterocycles. The first-order chi connectivity index (χ1) is 8.06. The van der Waals surface area contributed by atoms with Gasteiger partial charge in [0.2, 0.25) is 0 Å². The van der Waals surface area contributed by atoms with Gasteiger partial charge in [0.25, 0.3) is 5.91 Å². The highest BCUT2D eigenvalue weighted by molar-refractivity contribution is 5.95. The van der Waals surface area contributed by atoms with Crippen LogP contribution in [-0.2, 0) is 0 Å². The molecule has 0 bridgehead atoms. The van der Waals surface area contributed by atoms with Crippen molar-refractivity contribution in [2.75, 3.05) is 27.2 Å². The second-order valence-corrected chi connectivity index (χ2v) is 4.14. The van der Waals surface area contributed by atoms with E-state index in [1.165, 1.54) is 12.1 Å². The number of rotatable bonds is 5. The van der Waals surface area contributed by atoms with Crippen molar-refractivity contribution in [2.45, 2.75) is 13.3 Å². The third-order valence-corrected chi connectivity index (χ3v) is 2.69. The van der Waals surface area contributed by atoms with Crippen molar-refractivity contribution in [3.8, 4) is 0 Å². The van der Waals surface area contributed by atoms with Crippen molar-refractivity contribution in [1.82, 2.24) is 10.2 Å². The summed E-state index contributed by atoms with van der Waals surface area (Å²) in [4.78, 5) is 13.7. The molecule has 0 atom stereocenters. The van der Waals surface area contributed by atoms with Gasteiger partial charge in [-0.15, -0.1) is 0 Å². The van der Waals surface area contributed by atoms with E-state index in [-0.39, 0.29) is 11.7 Å². The minimum absolute atomic E-state index is 0.0568. The molecule has 0 unspecified atom stereocenters. The number of carbonyl (C=O) groups excluding carboxylic acids is 1. The Morgan fingerprint density at radius 2 is 2.18 bits per heavy atom. The first kappa shape index (κ1) is 13.6. The summed E-state index contributed by atoms with van der Waals surface area (Å²) in [5.41, 5.74) is 1.24. The van der Waals surface area contributed by atoms with Crippen LogP contribution >= 0.6 is 0 Å². The largest absolute Gasteiger partial charge is 0.342 e. The average molecular weight is 238 g/mol. The van der Waals surface area contributed by atoms with Gasteiger partial charge in [-0.1, -0.05) is 0 Å². The van der Waals surface area contributed by atoms with Crippen molar-refractivity contribution in [3.63, 3.8) is 0 Å². The Balaban J connectivity index is 2.68. The topological polar surface area (TPSA) is 32.3 Å². The molecule has 3 nitrogen and oxygen atoms in total. The molecule has 0 aromatic heterocycles. The molecule has 0 saturated heterocycles. The minimum Gasteiger partial charge on any atom is -0.342 e. The maximum absolute atomic E-state index is 12.9. The van der Waals surface area contributed by atoms with Gasteiger partial charge in [-0.3, -0.25) is 4.79 Å². The van der Waals surface area contributed by atoms with Crippen molar-refractivity contribution < 1.29 is 9.18 Å². The molecule has 1 amide bonds. The smallest absolute Gasteiger partial charge is 0.253 e. The van der Waals surface area contributed by atoms with Gasteiger partial charge in [0.05, 0.1) is 0 Å². The maximum Gasteiger partial charge on any atom is 0.253 e. The number of halogens is 1. The van der Waals surface area contributed by atoms with Gasteiger partial charge in [0, 0.05) is 19.2 Å². The molecule has 0 fully saturated rings. The lowest BCUT2D eigenvalue weighted by atomic mass is 10.1. The van der Waals surface area contributed by atoms with Crippen LogP contribution in [-0.4, -0.2) is 38.0 Å². The Kier molecular flexibility index (Phi) is 5.10. The standard InChI is InChI=1S/C13H19FN2O/c1-10-9-11(14)5-6-12(10)13(17)16(3)8-4-7-15-2/h5-6,9,15H,4,7-8H2,1-3H3. The van der Waals surface area contributed by atoms with Crippen molar-refractivity contribution in [1.29, 1.82) is 0 Å². The molecule has 0 aliphatic carbocycles. The van der Waals surface area contributed by atoms with E-state index in [0.717, 1.165) is 13.0 Å². The molecule has 17 heavy (non-hydrogen) atoms. The summed E-state index contributed by atoms with van der Waals surface area (Å²) in [7, 11) is 3.65. The molecule has 1 aromatic rings. The zero-order valence-corrected chi connectivity index (χ0v) is 10.6. The Bertz CT molecular complexity index is 393. The SMILES string of the molecule is CNCCCN(C)C(=O)c1ccc(F)cc1C. The Morgan fingerprint density at radius 3 is 2.76 bits per heavy atom. The molecule has 1 aromatic carbocycles. The molecule has 4 heteroatoms. The fraction of sp³-hybridized carbons (Fsp3) is 0.462. The highest BCUT2D eigenvalue weighted by Crippen LogP contribution is 2.12. The molecule has 94 valence electrons. The number of benzene rings is 1. The minimum atomic E-state index is -0.308. The van der Waals surface area contributed by atoms with Gasteiger partial charge in [-0.25, -0.2) is 4.39 Å². The summed E-state index contributed by atoms with van der Waals surface area (Å²) in [6.45, 7) is 3.31. The van der Waals surface area contributed by atoms with E-state index in [4.69, 9.17) is 0 Å². The van der Waals surface area contributed by atoms with Gasteiger partial charge in [0.15, 0.2) is 0 Å². The lowest BCUT2D eigenvalue weighted by molar-refractivity contribution is 0.0793. The zero-order chi connectivity index (χ0) is 12.8. The van der Waals surface area contributed by atoms with Crippen LogP contribution in [0, 0.1) is 12.7 Å². The van der Waals surface area contributed by atoms with Gasteiger partial charge in [-0.05, 0) is 50.7 Å². The fourth-order valence-electron chi connectivity index (χ4n) is 1.67. The van der Waals surface area contributed by atoms with E-state index in [0.29, 0.717) is 17.7 Å². The van der Waals surface area contributed by atoms with E-state index in [1.54, 1.807) is 24.9 Å². The summed E-state index contributed by atoms with van der Waals surface area (Å²) >= 11 is 0. The zero-order valence-electron chi connectivity index (χ0n) is 10.6. The second-order valence-electron chi connectivity index (χ2n) is 4.14. The van der Waals surface area contributed by atoms with Crippen LogP contribution in [0.15, 0.2) is 18.2 Å². The fourth-order valence-corrected chi connectivity index (χ4v) is 1.67. The highest BCUT2D eigenvalue weighted by Gasteiger charge is 2.13. The number of hydrogen-bond acceptors (Lipinski definition) is 2. The first-order valence-electron chi connectivity index (χ1n) is 5.72. The van der Waals surface area contributed by atoms with E-state index in [9.17, 15) is 9.18 Å². The maximum atomic E-state index is 12.9. The number of carbonyl (C=O) groups is 1. The van der Waals surface area contributed by atoms with E-state index < -0.39 is 0 Å². The van der Waals surface area contributed by atoms with E-state index in [1.807, 2.05) is 7.05 Å². The molecular formula is C13H19FN2O. The normalized spacial score (nSPS) is 10.4. The van der Waals surface area contributed by atoms with Crippen LogP contribution in [0.2, 0.25) is 0 Å². The quantitative estimate of drug-likeness (QED) is 0.794. The lowest BCUT2D eigenvalue weighted by Gasteiger charge is -2.18. The molecule has 0 aliphatic heterocycles. The molecule has 1 rings (SSSR count). The van der Waals surface area contributed by atoms with Gasteiger partial charge in [0.1, 0.15) is 5.82 Å². The molecule has 0 radical (unpaired) electrons. The van der Waals surface area contributed by atoms with Gasteiger partial charge < -0.3 is 10.2 Å². The van der Waals surface area contributed by atoms with Crippen LogP contribution in [0.25, 0.3) is 0 Å². The number of nitrogens with zero attached hydrogens (tertiary/aromatic N) is 1. The van der Waals surface area contributed by atoms with Crippen LogP contribution in [0.4, 0.5) is 4.39 Å². The van der Waals surface area contributed by atoms with E-state index in [2.05, 4.69) is 5.32 Å². The van der Waals surface area contributed by atoms with Crippen molar-refractivity contribution in [2.24, 2.45) is 0 Å². The molecule has 1 N–H and O–H groups in total. The summed E-state index contributed by atoms with van der Waals surface area (Å²) in [6, 6.07) is 4.25. The van der Waals surface area contributed by atoms with Crippen molar-refractivity contribution in [3.05, 3.63) is 35.1 Å². The third-order valence-electron chi connectivity index (χ3n) is 2.69. The Morgan fingerprint density at radius 1 is 1.47 bits per heavy atom. The predicted octanol–water partition coefficient (Wildman–Crippen LogP) is 1.82. The average Bonchev–Trinajstić information content (AvgIpc) is 2.28. The molecular weight excluding hydrogens is 219 g/mol. The first-order valence-corrected chi connectivity index (χ1v) is 5.72. The van der Waals surface area contributed by atoms with Crippen LogP contribution < -0.4 is 5.32 Å². The summed E-state index contributed by atoms with van der Waals surface area (Å²) < 4.78 is 12.9. The molecule has 0 saturated carbocycles. The number of hydrogen-bond donors (Lipinski definition) is 1. The lowest BCUT2D eigenvalue weighted by Crippen LogP contribution is -2.29. The van der Waals surface area contributed by atoms with Gasteiger partial charge in [-0.2, -0.15) is 0 Å². The van der Waals surface area contributed by atoms with Crippen LogP contribution in [0.3, 0.4) is 0 Å². The number of aryl methyl sites for hydroxylation is 1. The highest BCUT2D eigenvalue weighted by atomic mass is 19.1. The molecule has 0 aliphatic rings. The summed E-state index contributed by atoms with van der Waals surface area (Å²) in [5, 5.41) is 3.03. The van der Waals surface area contributed by atoms with Crippen molar-refractivity contribution >= 4 is 5.91 Å². The van der Waals surface area contributed by atoms with Gasteiger partial charge >= 0.3 is 0 Å². The predicted molar refractivity (Wildman–Crippen MR) is 66.6 cm³/mol. The summed E-state index contributed by atoms with van der Waals surface area (Å²) in [6.07, 6.45) is 0.902. The number of amides is 1. The van der Waals surface area contributed by atoms with Crippen LogP contribution in [0.1, 0.15) is 22.3 Å².